The third-order valence-electron chi connectivity index (χ3n) is 4.38. The van der Waals surface area contributed by atoms with Gasteiger partial charge in [0.1, 0.15) is 5.75 Å². The fourth-order valence-corrected chi connectivity index (χ4v) is 2.55. The maximum absolute atomic E-state index is 5.73. The van der Waals surface area contributed by atoms with Gasteiger partial charge in [-0.05, 0) is 29.5 Å². The number of halogens is 1. The second kappa shape index (κ2) is 5.84. The lowest BCUT2D eigenvalue weighted by molar-refractivity contribution is 0.203. The Hall–Kier alpha value is -0.540. The Kier molecular flexibility index (Phi) is 4.57. The molecule has 106 valence electrons. The predicted molar refractivity (Wildman–Crippen MR) is 83.6 cm³/mol. The van der Waals surface area contributed by atoms with Gasteiger partial charge in [-0.25, -0.2) is 0 Å². The second-order valence-corrected chi connectivity index (χ2v) is 7.31. The highest BCUT2D eigenvalue weighted by Crippen LogP contribution is 2.35. The summed E-state index contributed by atoms with van der Waals surface area (Å²) in [5.74, 6) is 1.69. The van der Waals surface area contributed by atoms with Gasteiger partial charge < -0.3 is 10.1 Å². The number of fused-ring (bicyclic) bond motifs is 1. The molecule has 0 amide bonds. The van der Waals surface area contributed by atoms with Gasteiger partial charge >= 0.3 is 0 Å². The minimum Gasteiger partial charge on any atom is -0.493 e. The molecule has 1 aliphatic heterocycles. The van der Waals surface area contributed by atoms with Gasteiger partial charge in [0, 0.05) is 29.0 Å². The number of rotatable bonds is 4. The molecule has 0 saturated heterocycles. The van der Waals surface area contributed by atoms with E-state index in [1.165, 1.54) is 5.56 Å². The molecule has 3 heteroatoms. The maximum atomic E-state index is 5.73. The predicted octanol–water partition coefficient (Wildman–Crippen LogP) is 4.54. The molecule has 0 fully saturated rings. The molecule has 1 heterocycles. The molecule has 1 aromatic carbocycles. The van der Waals surface area contributed by atoms with Gasteiger partial charge in [-0.1, -0.05) is 43.6 Å². The van der Waals surface area contributed by atoms with Crippen LogP contribution in [0, 0.1) is 11.3 Å². The van der Waals surface area contributed by atoms with Crippen LogP contribution >= 0.6 is 15.9 Å². The molecule has 2 rings (SSSR count). The highest BCUT2D eigenvalue weighted by Gasteiger charge is 2.26. The van der Waals surface area contributed by atoms with Crippen LogP contribution in [0.25, 0.3) is 0 Å². The fraction of sp³-hybridized carbons (Fsp3) is 0.625. The smallest absolute Gasteiger partial charge is 0.124 e. The van der Waals surface area contributed by atoms with Crippen LogP contribution in [0.15, 0.2) is 22.7 Å². The summed E-state index contributed by atoms with van der Waals surface area (Å²) in [6.07, 6.45) is 1.04. The molecule has 1 aliphatic rings. The minimum atomic E-state index is 0.310. The standard InChI is InChI=1S/C16H24BrNO/c1-11(2)16(3,4)10-18-14-7-8-19-15-6-5-12(17)9-13(14)15/h5-6,9,11,14,18H,7-8,10H2,1-4H3. The van der Waals surface area contributed by atoms with E-state index in [0.717, 1.165) is 29.8 Å². The summed E-state index contributed by atoms with van der Waals surface area (Å²) >= 11 is 3.55. The van der Waals surface area contributed by atoms with Gasteiger partial charge in [-0.15, -0.1) is 0 Å². The topological polar surface area (TPSA) is 21.3 Å². The molecule has 1 atom stereocenters. The Bertz CT molecular complexity index is 442. The molecule has 19 heavy (non-hydrogen) atoms. The van der Waals surface area contributed by atoms with Crippen molar-refractivity contribution < 1.29 is 4.74 Å². The van der Waals surface area contributed by atoms with E-state index in [0.29, 0.717) is 17.4 Å². The van der Waals surface area contributed by atoms with Crippen molar-refractivity contribution in [2.45, 2.75) is 40.2 Å². The van der Waals surface area contributed by atoms with Crippen LogP contribution in [0.4, 0.5) is 0 Å². The summed E-state index contributed by atoms with van der Waals surface area (Å²) in [6, 6.07) is 6.67. The number of nitrogens with one attached hydrogen (secondary N) is 1. The summed E-state index contributed by atoms with van der Waals surface area (Å²) < 4.78 is 6.84. The van der Waals surface area contributed by atoms with Crippen molar-refractivity contribution in [1.29, 1.82) is 0 Å². The first kappa shape index (κ1) is 14.9. The number of benzene rings is 1. The van der Waals surface area contributed by atoms with Gasteiger partial charge in [0.2, 0.25) is 0 Å². The van der Waals surface area contributed by atoms with E-state index in [1.807, 2.05) is 6.07 Å². The maximum Gasteiger partial charge on any atom is 0.124 e. The SMILES string of the molecule is CC(C)C(C)(C)CNC1CCOc2ccc(Br)cc21. The van der Waals surface area contributed by atoms with Crippen LogP contribution in [0.2, 0.25) is 0 Å². The van der Waals surface area contributed by atoms with E-state index in [9.17, 15) is 0 Å². The Morgan fingerprint density at radius 2 is 2.16 bits per heavy atom. The largest absolute Gasteiger partial charge is 0.493 e. The van der Waals surface area contributed by atoms with Crippen molar-refractivity contribution >= 4 is 15.9 Å². The second-order valence-electron chi connectivity index (χ2n) is 6.40. The summed E-state index contributed by atoms with van der Waals surface area (Å²) in [5, 5.41) is 3.73. The van der Waals surface area contributed by atoms with E-state index >= 15 is 0 Å². The number of hydrogen-bond acceptors (Lipinski definition) is 2. The van der Waals surface area contributed by atoms with Crippen molar-refractivity contribution in [3.05, 3.63) is 28.2 Å². The summed E-state index contributed by atoms with van der Waals surface area (Å²) in [7, 11) is 0. The normalized spacial score (nSPS) is 19.2. The third kappa shape index (κ3) is 3.51. The first-order valence-electron chi connectivity index (χ1n) is 7.06. The molecule has 2 nitrogen and oxygen atoms in total. The van der Waals surface area contributed by atoms with Crippen LogP contribution in [0.5, 0.6) is 5.75 Å². The summed E-state index contributed by atoms with van der Waals surface area (Å²) in [6.45, 7) is 11.1. The van der Waals surface area contributed by atoms with Crippen LogP contribution in [-0.4, -0.2) is 13.2 Å². The van der Waals surface area contributed by atoms with Crippen molar-refractivity contribution in [3.63, 3.8) is 0 Å². The van der Waals surface area contributed by atoms with E-state index in [2.05, 4.69) is 61.1 Å². The van der Waals surface area contributed by atoms with Crippen molar-refractivity contribution in [3.8, 4) is 5.75 Å². The minimum absolute atomic E-state index is 0.310. The Morgan fingerprint density at radius 3 is 2.84 bits per heavy atom. The number of hydrogen-bond donors (Lipinski definition) is 1. The zero-order valence-corrected chi connectivity index (χ0v) is 13.9. The number of ether oxygens (including phenoxy) is 1. The summed E-state index contributed by atoms with van der Waals surface area (Å²) in [5.41, 5.74) is 1.59. The highest BCUT2D eigenvalue weighted by atomic mass is 79.9. The van der Waals surface area contributed by atoms with E-state index < -0.39 is 0 Å². The van der Waals surface area contributed by atoms with Crippen LogP contribution < -0.4 is 10.1 Å². The molecule has 0 spiro atoms. The van der Waals surface area contributed by atoms with Crippen LogP contribution in [-0.2, 0) is 0 Å². The van der Waals surface area contributed by atoms with Crippen LogP contribution in [0.3, 0.4) is 0 Å². The van der Waals surface area contributed by atoms with E-state index in [1.54, 1.807) is 0 Å². The zero-order chi connectivity index (χ0) is 14.0. The Labute approximate surface area is 125 Å². The van der Waals surface area contributed by atoms with E-state index in [-0.39, 0.29) is 0 Å². The Balaban J connectivity index is 2.09. The molecular weight excluding hydrogens is 302 g/mol. The first-order valence-corrected chi connectivity index (χ1v) is 7.85. The van der Waals surface area contributed by atoms with Crippen LogP contribution in [0.1, 0.15) is 45.7 Å². The van der Waals surface area contributed by atoms with Gasteiger partial charge in [0.15, 0.2) is 0 Å². The van der Waals surface area contributed by atoms with Crippen molar-refractivity contribution in [1.82, 2.24) is 5.32 Å². The average molecular weight is 326 g/mol. The first-order chi connectivity index (χ1) is 8.90. The molecular formula is C16H24BrNO. The lowest BCUT2D eigenvalue weighted by Gasteiger charge is -2.34. The average Bonchev–Trinajstić information content (AvgIpc) is 2.36. The molecule has 0 radical (unpaired) electrons. The molecule has 0 bridgehead atoms. The molecule has 0 aliphatic carbocycles. The molecule has 0 aromatic heterocycles. The van der Waals surface area contributed by atoms with Crippen molar-refractivity contribution in [2.75, 3.05) is 13.2 Å². The Morgan fingerprint density at radius 1 is 1.42 bits per heavy atom. The zero-order valence-electron chi connectivity index (χ0n) is 12.3. The fourth-order valence-electron chi connectivity index (χ4n) is 2.17. The quantitative estimate of drug-likeness (QED) is 0.877. The molecule has 1 N–H and O–H groups in total. The summed E-state index contributed by atoms with van der Waals surface area (Å²) in [4.78, 5) is 0. The molecule has 0 saturated carbocycles. The monoisotopic (exact) mass is 325 g/mol. The lowest BCUT2D eigenvalue weighted by Crippen LogP contribution is -2.37. The lowest BCUT2D eigenvalue weighted by atomic mass is 9.81. The highest BCUT2D eigenvalue weighted by molar-refractivity contribution is 9.10. The molecule has 1 unspecified atom stereocenters. The van der Waals surface area contributed by atoms with Gasteiger partial charge in [-0.2, -0.15) is 0 Å². The van der Waals surface area contributed by atoms with Gasteiger partial charge in [0.05, 0.1) is 6.61 Å². The van der Waals surface area contributed by atoms with Crippen molar-refractivity contribution in [2.24, 2.45) is 11.3 Å². The van der Waals surface area contributed by atoms with Gasteiger partial charge in [-0.3, -0.25) is 0 Å². The van der Waals surface area contributed by atoms with E-state index in [4.69, 9.17) is 4.74 Å². The van der Waals surface area contributed by atoms with Gasteiger partial charge in [0.25, 0.3) is 0 Å². The molecule has 1 aromatic rings. The third-order valence-corrected chi connectivity index (χ3v) is 4.87.